The lowest BCUT2D eigenvalue weighted by Crippen LogP contribution is -1.93. The normalized spacial score (nSPS) is 15.6. The van der Waals surface area contributed by atoms with E-state index in [1.807, 2.05) is 0 Å². The number of benzene rings is 2. The third-order valence-corrected chi connectivity index (χ3v) is 3.71. The highest BCUT2D eigenvalue weighted by Crippen LogP contribution is 2.30. The van der Waals surface area contributed by atoms with Crippen LogP contribution in [0, 0.1) is 0 Å². The smallest absolute Gasteiger partial charge is 0.0178 e. The molecule has 1 aliphatic carbocycles. The van der Waals surface area contributed by atoms with E-state index in [2.05, 4.69) is 73.7 Å². The Balaban J connectivity index is 2.07. The number of hydrogen-bond donors (Lipinski definition) is 0. The van der Waals surface area contributed by atoms with Crippen molar-refractivity contribution in [3.8, 4) is 0 Å². The summed E-state index contributed by atoms with van der Waals surface area (Å²) < 4.78 is 0. The Labute approximate surface area is 114 Å². The molecular weight excluding hydrogens is 228 g/mol. The molecule has 0 fully saturated rings. The predicted molar refractivity (Wildman–Crippen MR) is 84.1 cm³/mol. The van der Waals surface area contributed by atoms with E-state index in [0.29, 0.717) is 0 Å². The Morgan fingerprint density at radius 2 is 1.89 bits per heavy atom. The van der Waals surface area contributed by atoms with E-state index in [1.165, 1.54) is 27.5 Å². The van der Waals surface area contributed by atoms with Crippen molar-refractivity contribution in [2.45, 2.75) is 19.8 Å². The van der Waals surface area contributed by atoms with Gasteiger partial charge in [-0.15, -0.1) is 0 Å². The van der Waals surface area contributed by atoms with Crippen molar-refractivity contribution in [2.24, 2.45) is 0 Å². The van der Waals surface area contributed by atoms with Gasteiger partial charge in [-0.3, -0.25) is 0 Å². The van der Waals surface area contributed by atoms with E-state index in [9.17, 15) is 0 Å². The monoisotopic (exact) mass is 246 g/mol. The molecule has 0 radical (unpaired) electrons. The van der Waals surface area contributed by atoms with Crippen LogP contribution in [0.5, 0.6) is 0 Å². The van der Waals surface area contributed by atoms with Crippen molar-refractivity contribution < 1.29 is 0 Å². The standard InChI is InChI=1S/C19H18/c1-2-19(16-9-4-3-5-10-16)18-13-12-15-8-6-7-11-17(15)14-18/h2-4,6-9,11-14H,5,10H2,1H3/b19-2+. The zero-order chi connectivity index (χ0) is 13.1. The van der Waals surface area contributed by atoms with E-state index in [4.69, 9.17) is 0 Å². The lowest BCUT2D eigenvalue weighted by atomic mass is 9.91. The van der Waals surface area contributed by atoms with Crippen LogP contribution in [0.3, 0.4) is 0 Å². The molecule has 0 spiro atoms. The minimum Gasteiger partial charge on any atom is -0.0842 e. The third-order valence-electron chi connectivity index (χ3n) is 3.71. The van der Waals surface area contributed by atoms with Gasteiger partial charge in [-0.2, -0.15) is 0 Å². The number of hydrogen-bond acceptors (Lipinski definition) is 0. The maximum absolute atomic E-state index is 2.30. The highest BCUT2D eigenvalue weighted by molar-refractivity contribution is 5.89. The molecule has 0 bridgehead atoms. The van der Waals surface area contributed by atoms with Gasteiger partial charge in [0.15, 0.2) is 0 Å². The Hall–Kier alpha value is -2.08. The van der Waals surface area contributed by atoms with E-state index < -0.39 is 0 Å². The summed E-state index contributed by atoms with van der Waals surface area (Å²) in [6.07, 6.45) is 11.2. The zero-order valence-corrected chi connectivity index (χ0v) is 11.3. The lowest BCUT2D eigenvalue weighted by Gasteiger charge is -2.14. The summed E-state index contributed by atoms with van der Waals surface area (Å²) in [7, 11) is 0. The molecule has 0 atom stereocenters. The Kier molecular flexibility index (Phi) is 3.33. The van der Waals surface area contributed by atoms with Gasteiger partial charge in [-0.1, -0.05) is 60.7 Å². The Bertz CT molecular complexity index is 684. The summed E-state index contributed by atoms with van der Waals surface area (Å²) in [5.74, 6) is 0. The maximum atomic E-state index is 2.30. The van der Waals surface area contributed by atoms with Gasteiger partial charge >= 0.3 is 0 Å². The van der Waals surface area contributed by atoms with Gasteiger partial charge in [0.1, 0.15) is 0 Å². The van der Waals surface area contributed by atoms with Crippen LogP contribution in [0.4, 0.5) is 0 Å². The Morgan fingerprint density at radius 3 is 2.63 bits per heavy atom. The SMILES string of the molecule is C/C=C(\C1=CC=CCC1)c1ccc2ccccc2c1. The summed E-state index contributed by atoms with van der Waals surface area (Å²) >= 11 is 0. The largest absolute Gasteiger partial charge is 0.0842 e. The van der Waals surface area contributed by atoms with Crippen LogP contribution >= 0.6 is 0 Å². The quantitative estimate of drug-likeness (QED) is 0.654. The Morgan fingerprint density at radius 1 is 1.05 bits per heavy atom. The molecular formula is C19H18. The highest BCUT2D eigenvalue weighted by Gasteiger charge is 2.08. The molecule has 0 saturated carbocycles. The average Bonchev–Trinajstić information content (AvgIpc) is 2.49. The number of fused-ring (bicyclic) bond motifs is 1. The molecule has 0 N–H and O–H groups in total. The average molecular weight is 246 g/mol. The minimum absolute atomic E-state index is 1.14. The minimum atomic E-state index is 1.14. The zero-order valence-electron chi connectivity index (χ0n) is 11.3. The van der Waals surface area contributed by atoms with Crippen LogP contribution in [-0.2, 0) is 0 Å². The van der Waals surface area contributed by atoms with Crippen molar-refractivity contribution in [1.29, 1.82) is 0 Å². The topological polar surface area (TPSA) is 0 Å². The lowest BCUT2D eigenvalue weighted by molar-refractivity contribution is 0.995. The first-order chi connectivity index (χ1) is 9.38. The van der Waals surface area contributed by atoms with Crippen molar-refractivity contribution in [3.05, 3.63) is 77.9 Å². The molecule has 1 aliphatic rings. The predicted octanol–water partition coefficient (Wildman–Crippen LogP) is 5.52. The van der Waals surface area contributed by atoms with Crippen LogP contribution < -0.4 is 0 Å². The molecule has 0 aliphatic heterocycles. The summed E-state index contributed by atoms with van der Waals surface area (Å²) in [4.78, 5) is 0. The van der Waals surface area contributed by atoms with E-state index in [1.54, 1.807) is 0 Å². The summed E-state index contributed by atoms with van der Waals surface area (Å²) in [6, 6.07) is 15.3. The summed E-state index contributed by atoms with van der Waals surface area (Å²) in [5.41, 5.74) is 4.14. The van der Waals surface area contributed by atoms with Gasteiger partial charge in [0.25, 0.3) is 0 Å². The fraction of sp³-hybridized carbons (Fsp3) is 0.158. The number of allylic oxidation sites excluding steroid dienone is 6. The van der Waals surface area contributed by atoms with Gasteiger partial charge in [0.05, 0.1) is 0 Å². The first kappa shape index (κ1) is 12.0. The van der Waals surface area contributed by atoms with Crippen LogP contribution in [0.25, 0.3) is 16.3 Å². The van der Waals surface area contributed by atoms with Crippen molar-refractivity contribution >= 4 is 16.3 Å². The second kappa shape index (κ2) is 5.27. The van der Waals surface area contributed by atoms with Crippen molar-refractivity contribution in [1.82, 2.24) is 0 Å². The molecule has 0 saturated heterocycles. The van der Waals surface area contributed by atoms with Crippen molar-refractivity contribution in [2.75, 3.05) is 0 Å². The molecule has 0 heteroatoms. The van der Waals surface area contributed by atoms with Crippen LogP contribution in [0.15, 0.2) is 72.3 Å². The van der Waals surface area contributed by atoms with Gasteiger partial charge < -0.3 is 0 Å². The van der Waals surface area contributed by atoms with Gasteiger partial charge in [0.2, 0.25) is 0 Å². The van der Waals surface area contributed by atoms with Gasteiger partial charge in [-0.25, -0.2) is 0 Å². The molecule has 2 aromatic rings. The fourth-order valence-corrected chi connectivity index (χ4v) is 2.72. The molecule has 0 amide bonds. The summed E-state index contributed by atoms with van der Waals surface area (Å²) in [6.45, 7) is 2.13. The van der Waals surface area contributed by atoms with Gasteiger partial charge in [0, 0.05) is 0 Å². The highest BCUT2D eigenvalue weighted by atomic mass is 14.1. The van der Waals surface area contributed by atoms with E-state index in [-0.39, 0.29) is 0 Å². The molecule has 0 nitrogen and oxygen atoms in total. The first-order valence-corrected chi connectivity index (χ1v) is 6.90. The van der Waals surface area contributed by atoms with Crippen LogP contribution in [0.2, 0.25) is 0 Å². The molecule has 94 valence electrons. The fourth-order valence-electron chi connectivity index (χ4n) is 2.72. The molecule has 19 heavy (non-hydrogen) atoms. The van der Waals surface area contributed by atoms with E-state index >= 15 is 0 Å². The molecule has 0 unspecified atom stereocenters. The molecule has 0 aromatic heterocycles. The second-order valence-electron chi connectivity index (χ2n) is 4.92. The van der Waals surface area contributed by atoms with E-state index in [0.717, 1.165) is 12.8 Å². The van der Waals surface area contributed by atoms with Crippen molar-refractivity contribution in [3.63, 3.8) is 0 Å². The van der Waals surface area contributed by atoms with Crippen LogP contribution in [0.1, 0.15) is 25.3 Å². The number of rotatable bonds is 2. The summed E-state index contributed by atoms with van der Waals surface area (Å²) in [5, 5.41) is 2.62. The second-order valence-corrected chi connectivity index (χ2v) is 4.92. The maximum Gasteiger partial charge on any atom is -0.0178 e. The molecule has 0 heterocycles. The first-order valence-electron chi connectivity index (χ1n) is 6.90. The van der Waals surface area contributed by atoms with Crippen LogP contribution in [-0.4, -0.2) is 0 Å². The van der Waals surface area contributed by atoms with Gasteiger partial charge in [-0.05, 0) is 53.3 Å². The molecule has 2 aromatic carbocycles. The molecule has 3 rings (SSSR count). The third kappa shape index (κ3) is 2.39.